The Kier molecular flexibility index (Phi) is 5.81. The number of methoxy groups -OCH3 is 1. The van der Waals surface area contributed by atoms with Crippen LogP contribution in [-0.2, 0) is 22.5 Å². The summed E-state index contributed by atoms with van der Waals surface area (Å²) in [4.78, 5) is 19.0. The number of ether oxygens (including phenoxy) is 1. The Morgan fingerprint density at radius 2 is 2.32 bits per heavy atom. The van der Waals surface area contributed by atoms with Gasteiger partial charge in [-0.25, -0.2) is 9.37 Å². The van der Waals surface area contributed by atoms with Crippen molar-refractivity contribution in [3.8, 4) is 0 Å². The van der Waals surface area contributed by atoms with Crippen LogP contribution in [0.2, 0.25) is 0 Å². The van der Waals surface area contributed by atoms with Crippen LogP contribution in [0.5, 0.6) is 0 Å². The summed E-state index contributed by atoms with van der Waals surface area (Å²) in [5, 5.41) is 0. The number of rotatable bonds is 6. The fraction of sp³-hybridized carbons (Fsp3) is 0.474. The van der Waals surface area contributed by atoms with Gasteiger partial charge in [-0.3, -0.25) is 4.79 Å². The third kappa shape index (κ3) is 4.45. The Labute approximate surface area is 147 Å². The van der Waals surface area contributed by atoms with Crippen molar-refractivity contribution < 1.29 is 13.9 Å². The molecule has 1 aromatic heterocycles. The molecule has 6 heteroatoms. The second-order valence-electron chi connectivity index (χ2n) is 6.46. The molecule has 0 radical (unpaired) electrons. The Morgan fingerprint density at radius 1 is 1.44 bits per heavy atom. The van der Waals surface area contributed by atoms with E-state index in [0.29, 0.717) is 18.7 Å². The first kappa shape index (κ1) is 17.6. The summed E-state index contributed by atoms with van der Waals surface area (Å²) in [6, 6.07) is 6.25. The first-order chi connectivity index (χ1) is 12.2. The zero-order chi connectivity index (χ0) is 17.6. The minimum absolute atomic E-state index is 0.0466. The Morgan fingerprint density at radius 3 is 3.12 bits per heavy atom. The number of carbonyl (C=O) groups excluding carboxylic acids is 1. The molecule has 0 N–H and O–H groups in total. The lowest BCUT2D eigenvalue weighted by atomic mass is 9.96. The second kappa shape index (κ2) is 8.25. The van der Waals surface area contributed by atoms with Crippen molar-refractivity contribution in [2.24, 2.45) is 0 Å². The molecule has 3 rings (SSSR count). The highest BCUT2D eigenvalue weighted by Crippen LogP contribution is 2.26. The van der Waals surface area contributed by atoms with Gasteiger partial charge in [0.05, 0.1) is 13.0 Å². The van der Waals surface area contributed by atoms with Crippen LogP contribution in [0, 0.1) is 5.82 Å². The lowest BCUT2D eigenvalue weighted by Crippen LogP contribution is -2.40. The lowest BCUT2D eigenvalue weighted by Gasteiger charge is -2.33. The Hall–Kier alpha value is -2.21. The molecule has 2 aromatic rings. The van der Waals surface area contributed by atoms with Gasteiger partial charge in [0.25, 0.3) is 0 Å². The molecule has 134 valence electrons. The van der Waals surface area contributed by atoms with E-state index in [1.165, 1.54) is 12.1 Å². The number of imidazole rings is 1. The molecule has 1 atom stereocenters. The van der Waals surface area contributed by atoms with Crippen LogP contribution in [0.4, 0.5) is 4.39 Å². The zero-order valence-electron chi connectivity index (χ0n) is 14.5. The smallest absolute Gasteiger partial charge is 0.227 e. The fourth-order valence-corrected chi connectivity index (χ4v) is 3.41. The van der Waals surface area contributed by atoms with Crippen LogP contribution in [0.15, 0.2) is 36.7 Å². The highest BCUT2D eigenvalue weighted by molar-refractivity contribution is 5.79. The monoisotopic (exact) mass is 345 g/mol. The standard InChI is InChI=1S/C19H24FN3O2/c1-25-11-10-22-9-7-21-19(22)16-5-3-8-23(14-16)18(24)13-15-4-2-6-17(20)12-15/h2,4,6-7,9,12,16H,3,5,8,10-11,13-14H2,1H3/t16-/m0/s1. The number of benzene rings is 1. The van der Waals surface area contributed by atoms with Gasteiger partial charge in [-0.05, 0) is 30.5 Å². The van der Waals surface area contributed by atoms with E-state index in [-0.39, 0.29) is 24.1 Å². The van der Waals surface area contributed by atoms with Crippen molar-refractivity contribution in [1.82, 2.24) is 14.5 Å². The third-order valence-corrected chi connectivity index (χ3v) is 4.67. The maximum absolute atomic E-state index is 13.3. The molecule has 5 nitrogen and oxygen atoms in total. The van der Waals surface area contributed by atoms with Crippen molar-refractivity contribution in [3.63, 3.8) is 0 Å². The summed E-state index contributed by atoms with van der Waals surface area (Å²) >= 11 is 0. The minimum atomic E-state index is -0.304. The number of halogens is 1. The van der Waals surface area contributed by atoms with E-state index in [0.717, 1.165) is 31.8 Å². The number of hydrogen-bond acceptors (Lipinski definition) is 3. The van der Waals surface area contributed by atoms with E-state index in [9.17, 15) is 9.18 Å². The van der Waals surface area contributed by atoms with Gasteiger partial charge >= 0.3 is 0 Å². The van der Waals surface area contributed by atoms with Gasteiger partial charge in [0.15, 0.2) is 0 Å². The first-order valence-electron chi connectivity index (χ1n) is 8.69. The van der Waals surface area contributed by atoms with Crippen molar-refractivity contribution >= 4 is 5.91 Å². The predicted molar refractivity (Wildman–Crippen MR) is 92.8 cm³/mol. The second-order valence-corrected chi connectivity index (χ2v) is 6.46. The minimum Gasteiger partial charge on any atom is -0.383 e. The normalized spacial score (nSPS) is 17.7. The van der Waals surface area contributed by atoms with Crippen molar-refractivity contribution in [1.29, 1.82) is 0 Å². The summed E-state index contributed by atoms with van der Waals surface area (Å²) in [7, 11) is 1.68. The molecule has 0 saturated carbocycles. The van der Waals surface area contributed by atoms with E-state index >= 15 is 0 Å². The Bertz CT molecular complexity index is 716. The van der Waals surface area contributed by atoms with E-state index < -0.39 is 0 Å². The Balaban J connectivity index is 1.64. The van der Waals surface area contributed by atoms with Crippen LogP contribution in [0.3, 0.4) is 0 Å². The molecule has 1 fully saturated rings. The van der Waals surface area contributed by atoms with Crippen molar-refractivity contribution in [3.05, 3.63) is 53.9 Å². The molecule has 0 unspecified atom stereocenters. The number of carbonyl (C=O) groups is 1. The number of hydrogen-bond donors (Lipinski definition) is 0. The maximum Gasteiger partial charge on any atom is 0.227 e. The highest BCUT2D eigenvalue weighted by Gasteiger charge is 2.27. The number of likely N-dealkylation sites (tertiary alicyclic amines) is 1. The molecule has 2 heterocycles. The highest BCUT2D eigenvalue weighted by atomic mass is 19.1. The predicted octanol–water partition coefficient (Wildman–Crippen LogP) is 2.62. The van der Waals surface area contributed by atoms with Crippen LogP contribution in [0.25, 0.3) is 0 Å². The third-order valence-electron chi connectivity index (χ3n) is 4.67. The molecule has 1 aliphatic heterocycles. The first-order valence-corrected chi connectivity index (χ1v) is 8.69. The van der Waals surface area contributed by atoms with Crippen LogP contribution in [0.1, 0.15) is 30.1 Å². The molecule has 0 bridgehead atoms. The van der Waals surface area contributed by atoms with Crippen molar-refractivity contribution in [2.75, 3.05) is 26.8 Å². The van der Waals surface area contributed by atoms with Gasteiger partial charge in [0.2, 0.25) is 5.91 Å². The average molecular weight is 345 g/mol. The average Bonchev–Trinajstić information content (AvgIpc) is 3.08. The lowest BCUT2D eigenvalue weighted by molar-refractivity contribution is -0.131. The largest absolute Gasteiger partial charge is 0.383 e. The fourth-order valence-electron chi connectivity index (χ4n) is 3.41. The molecule has 1 aliphatic rings. The van der Waals surface area contributed by atoms with Crippen LogP contribution < -0.4 is 0 Å². The summed E-state index contributed by atoms with van der Waals surface area (Å²) < 4.78 is 20.6. The molecule has 0 spiro atoms. The van der Waals surface area contributed by atoms with E-state index in [1.807, 2.05) is 11.1 Å². The van der Waals surface area contributed by atoms with E-state index in [4.69, 9.17) is 4.74 Å². The topological polar surface area (TPSA) is 47.4 Å². The molecule has 0 aliphatic carbocycles. The molecule has 1 amide bonds. The van der Waals surface area contributed by atoms with Gasteiger partial charge in [-0.1, -0.05) is 12.1 Å². The van der Waals surface area contributed by atoms with Gasteiger partial charge in [-0.15, -0.1) is 0 Å². The van der Waals surface area contributed by atoms with Gasteiger partial charge in [0, 0.05) is 45.1 Å². The molecular formula is C19H24FN3O2. The SMILES string of the molecule is COCCn1ccnc1[C@H]1CCCN(C(=O)Cc2cccc(F)c2)C1. The number of amides is 1. The van der Waals surface area contributed by atoms with Crippen LogP contribution in [-0.4, -0.2) is 47.2 Å². The van der Waals surface area contributed by atoms with Gasteiger partial charge in [-0.2, -0.15) is 0 Å². The van der Waals surface area contributed by atoms with E-state index in [1.54, 1.807) is 25.4 Å². The summed E-state index contributed by atoms with van der Waals surface area (Å²) in [5.74, 6) is 0.990. The quantitative estimate of drug-likeness (QED) is 0.809. The van der Waals surface area contributed by atoms with Gasteiger partial charge in [0.1, 0.15) is 11.6 Å². The molecule has 1 saturated heterocycles. The van der Waals surface area contributed by atoms with Crippen LogP contribution >= 0.6 is 0 Å². The summed E-state index contributed by atoms with van der Waals surface area (Å²) in [6.45, 7) is 2.82. The van der Waals surface area contributed by atoms with E-state index in [2.05, 4.69) is 9.55 Å². The summed E-state index contributed by atoms with van der Waals surface area (Å²) in [6.07, 6.45) is 5.98. The summed E-state index contributed by atoms with van der Waals surface area (Å²) in [5.41, 5.74) is 0.716. The molecular weight excluding hydrogens is 321 g/mol. The maximum atomic E-state index is 13.3. The van der Waals surface area contributed by atoms with Crippen molar-refractivity contribution in [2.45, 2.75) is 31.7 Å². The molecule has 1 aromatic carbocycles. The number of nitrogens with zero attached hydrogens (tertiary/aromatic N) is 3. The number of piperidine rings is 1. The number of aromatic nitrogens is 2. The van der Waals surface area contributed by atoms with Gasteiger partial charge < -0.3 is 14.2 Å². The zero-order valence-corrected chi connectivity index (χ0v) is 14.5. The molecule has 25 heavy (non-hydrogen) atoms.